The molecule has 2 heterocycles. The lowest BCUT2D eigenvalue weighted by Gasteiger charge is -2.27. The van der Waals surface area contributed by atoms with E-state index in [9.17, 15) is 4.79 Å². The van der Waals surface area contributed by atoms with Crippen LogP contribution in [-0.2, 0) is 16.0 Å². The highest BCUT2D eigenvalue weighted by molar-refractivity contribution is 5.85. The lowest BCUT2D eigenvalue weighted by molar-refractivity contribution is -0.123. The molecule has 6 heteroatoms. The molecule has 1 saturated carbocycles. The SMILES string of the molecule is COCCCC1CCC(C(=O)Cc2ncc3ccc(-c4cnc(C)o4)cc3n2)CC1. The number of carbonyl (C=O) groups is 1. The molecule has 0 radical (unpaired) electrons. The van der Waals surface area contributed by atoms with Crippen molar-refractivity contribution in [2.24, 2.45) is 11.8 Å². The Morgan fingerprint density at radius 2 is 2.00 bits per heavy atom. The van der Waals surface area contributed by atoms with Gasteiger partial charge in [0.2, 0.25) is 0 Å². The molecule has 1 aromatic carbocycles. The van der Waals surface area contributed by atoms with Crippen molar-refractivity contribution in [3.63, 3.8) is 0 Å². The first-order valence-corrected chi connectivity index (χ1v) is 10.8. The van der Waals surface area contributed by atoms with Crippen LogP contribution in [0.2, 0.25) is 0 Å². The first-order chi connectivity index (χ1) is 14.6. The Morgan fingerprint density at radius 1 is 1.17 bits per heavy atom. The van der Waals surface area contributed by atoms with Crippen molar-refractivity contribution in [2.75, 3.05) is 13.7 Å². The van der Waals surface area contributed by atoms with Gasteiger partial charge in [-0.3, -0.25) is 4.79 Å². The van der Waals surface area contributed by atoms with Gasteiger partial charge >= 0.3 is 0 Å². The normalized spacial score (nSPS) is 19.3. The molecule has 1 aliphatic carbocycles. The molecule has 0 unspecified atom stereocenters. The Labute approximate surface area is 177 Å². The number of oxazole rings is 1. The zero-order valence-electron chi connectivity index (χ0n) is 17.8. The van der Waals surface area contributed by atoms with E-state index in [1.165, 1.54) is 6.42 Å². The molecular weight excluding hydrogens is 378 g/mol. The Bertz CT molecular complexity index is 1010. The Hall–Kier alpha value is -2.60. The molecule has 0 spiro atoms. The second-order valence-corrected chi connectivity index (χ2v) is 8.30. The number of fused-ring (bicyclic) bond motifs is 1. The van der Waals surface area contributed by atoms with E-state index in [4.69, 9.17) is 9.15 Å². The number of rotatable bonds is 8. The van der Waals surface area contributed by atoms with E-state index in [0.717, 1.165) is 61.1 Å². The van der Waals surface area contributed by atoms with E-state index in [1.54, 1.807) is 19.5 Å². The van der Waals surface area contributed by atoms with Crippen LogP contribution in [0.3, 0.4) is 0 Å². The van der Waals surface area contributed by atoms with Gasteiger partial charge < -0.3 is 9.15 Å². The monoisotopic (exact) mass is 407 g/mol. The maximum atomic E-state index is 12.8. The second kappa shape index (κ2) is 9.47. The predicted octanol–water partition coefficient (Wildman–Crippen LogP) is 4.94. The molecular formula is C24H29N3O3. The molecule has 0 aliphatic heterocycles. The lowest BCUT2D eigenvalue weighted by atomic mass is 9.78. The first kappa shape index (κ1) is 20.7. The number of nitrogens with zero attached hydrogens (tertiary/aromatic N) is 3. The highest BCUT2D eigenvalue weighted by Crippen LogP contribution is 2.32. The number of hydrogen-bond donors (Lipinski definition) is 0. The molecule has 3 aromatic rings. The van der Waals surface area contributed by atoms with Crippen molar-refractivity contribution >= 4 is 16.7 Å². The van der Waals surface area contributed by atoms with Crippen LogP contribution in [0.4, 0.5) is 0 Å². The van der Waals surface area contributed by atoms with Gasteiger partial charge in [-0.2, -0.15) is 0 Å². The molecule has 0 saturated heterocycles. The minimum Gasteiger partial charge on any atom is -0.441 e. The summed E-state index contributed by atoms with van der Waals surface area (Å²) in [7, 11) is 1.75. The van der Waals surface area contributed by atoms with E-state index < -0.39 is 0 Å². The molecule has 0 N–H and O–H groups in total. The highest BCUT2D eigenvalue weighted by Gasteiger charge is 2.26. The van der Waals surface area contributed by atoms with Gasteiger partial charge in [-0.25, -0.2) is 15.0 Å². The number of ketones is 1. The number of Topliss-reactive ketones (excluding diaryl/α,β-unsaturated/α-hetero) is 1. The predicted molar refractivity (Wildman–Crippen MR) is 115 cm³/mol. The third-order valence-electron chi connectivity index (χ3n) is 6.13. The minimum atomic E-state index is 0.145. The molecule has 0 atom stereocenters. The van der Waals surface area contributed by atoms with Gasteiger partial charge in [-0.1, -0.05) is 12.1 Å². The molecule has 6 nitrogen and oxygen atoms in total. The molecule has 0 amide bonds. The number of benzene rings is 1. The maximum Gasteiger partial charge on any atom is 0.191 e. The molecule has 158 valence electrons. The van der Waals surface area contributed by atoms with Crippen LogP contribution >= 0.6 is 0 Å². The van der Waals surface area contributed by atoms with Crippen molar-refractivity contribution < 1.29 is 13.9 Å². The van der Waals surface area contributed by atoms with Crippen LogP contribution in [0.15, 0.2) is 35.0 Å². The fourth-order valence-electron chi connectivity index (χ4n) is 4.38. The zero-order valence-corrected chi connectivity index (χ0v) is 17.8. The third-order valence-corrected chi connectivity index (χ3v) is 6.13. The molecule has 2 aromatic heterocycles. The van der Waals surface area contributed by atoms with Gasteiger partial charge in [0.1, 0.15) is 11.6 Å². The van der Waals surface area contributed by atoms with Crippen LogP contribution in [0, 0.1) is 18.8 Å². The lowest BCUT2D eigenvalue weighted by Crippen LogP contribution is -2.24. The molecule has 30 heavy (non-hydrogen) atoms. The topological polar surface area (TPSA) is 78.1 Å². The average Bonchev–Trinajstić information content (AvgIpc) is 3.20. The van der Waals surface area contributed by atoms with E-state index in [1.807, 2.05) is 25.1 Å². The number of aryl methyl sites for hydroxylation is 1. The molecule has 0 bridgehead atoms. The number of methoxy groups -OCH3 is 1. The summed E-state index contributed by atoms with van der Waals surface area (Å²) in [6.45, 7) is 2.65. The summed E-state index contributed by atoms with van der Waals surface area (Å²) >= 11 is 0. The average molecular weight is 408 g/mol. The van der Waals surface area contributed by atoms with Crippen molar-refractivity contribution in [2.45, 2.75) is 51.9 Å². The Morgan fingerprint density at radius 3 is 2.73 bits per heavy atom. The smallest absolute Gasteiger partial charge is 0.191 e. The summed E-state index contributed by atoms with van der Waals surface area (Å²) in [6, 6.07) is 5.91. The van der Waals surface area contributed by atoms with E-state index in [0.29, 0.717) is 23.9 Å². The first-order valence-electron chi connectivity index (χ1n) is 10.8. The van der Waals surface area contributed by atoms with Crippen molar-refractivity contribution in [3.8, 4) is 11.3 Å². The number of ether oxygens (including phenoxy) is 1. The van der Waals surface area contributed by atoms with Crippen LogP contribution in [0.1, 0.15) is 50.2 Å². The Balaban J connectivity index is 1.39. The number of hydrogen-bond acceptors (Lipinski definition) is 6. The van der Waals surface area contributed by atoms with Gasteiger partial charge in [0.25, 0.3) is 0 Å². The fourth-order valence-corrected chi connectivity index (χ4v) is 4.38. The van der Waals surface area contributed by atoms with Crippen molar-refractivity contribution in [3.05, 3.63) is 42.3 Å². The van der Waals surface area contributed by atoms with E-state index >= 15 is 0 Å². The standard InChI is InChI=1S/C24H29N3O3/c1-16-25-15-23(30-16)19-9-10-20-14-26-24(27-21(20)12-19)13-22(28)18-7-5-17(6-8-18)4-3-11-29-2/h9-10,12,14-15,17-18H,3-8,11,13H2,1-2H3. The third kappa shape index (κ3) is 4.93. The summed E-state index contributed by atoms with van der Waals surface area (Å²) in [5, 5.41) is 0.947. The summed E-state index contributed by atoms with van der Waals surface area (Å²) in [5.41, 5.74) is 1.74. The van der Waals surface area contributed by atoms with E-state index in [-0.39, 0.29) is 11.7 Å². The van der Waals surface area contributed by atoms with Crippen LogP contribution < -0.4 is 0 Å². The van der Waals surface area contributed by atoms with Crippen molar-refractivity contribution in [1.82, 2.24) is 15.0 Å². The summed E-state index contributed by atoms with van der Waals surface area (Å²) in [5.74, 6) is 3.10. The van der Waals surface area contributed by atoms with Gasteiger partial charge in [0, 0.05) is 43.7 Å². The highest BCUT2D eigenvalue weighted by atomic mass is 16.5. The molecule has 1 fully saturated rings. The van der Waals surface area contributed by atoms with Gasteiger partial charge in [-0.15, -0.1) is 0 Å². The van der Waals surface area contributed by atoms with Gasteiger partial charge in [0.15, 0.2) is 11.7 Å². The zero-order chi connectivity index (χ0) is 20.9. The van der Waals surface area contributed by atoms with Crippen LogP contribution in [0.5, 0.6) is 0 Å². The van der Waals surface area contributed by atoms with E-state index in [2.05, 4.69) is 15.0 Å². The van der Waals surface area contributed by atoms with Crippen LogP contribution in [0.25, 0.3) is 22.2 Å². The van der Waals surface area contributed by atoms with Gasteiger partial charge in [-0.05, 0) is 50.5 Å². The Kier molecular flexibility index (Phi) is 6.53. The summed E-state index contributed by atoms with van der Waals surface area (Å²) in [4.78, 5) is 26.1. The number of aromatic nitrogens is 3. The fraction of sp³-hybridized carbons (Fsp3) is 0.500. The van der Waals surface area contributed by atoms with Crippen LogP contribution in [-0.4, -0.2) is 34.5 Å². The summed E-state index contributed by atoms with van der Waals surface area (Å²) < 4.78 is 10.8. The van der Waals surface area contributed by atoms with Crippen molar-refractivity contribution in [1.29, 1.82) is 0 Å². The summed E-state index contributed by atoms with van der Waals surface area (Å²) in [6.07, 6.45) is 10.4. The molecule has 1 aliphatic rings. The quantitative estimate of drug-likeness (QED) is 0.492. The molecule has 4 rings (SSSR count). The minimum absolute atomic E-state index is 0.145. The largest absolute Gasteiger partial charge is 0.441 e. The maximum absolute atomic E-state index is 12.8. The van der Waals surface area contributed by atoms with Gasteiger partial charge in [0.05, 0.1) is 18.1 Å². The number of carbonyl (C=O) groups excluding carboxylic acids is 1. The second-order valence-electron chi connectivity index (χ2n) is 8.30.